The second-order valence-corrected chi connectivity index (χ2v) is 8.24. The van der Waals surface area contributed by atoms with Crippen molar-refractivity contribution in [3.05, 3.63) is 70.5 Å². The van der Waals surface area contributed by atoms with Gasteiger partial charge in [0.1, 0.15) is 0 Å². The topological polar surface area (TPSA) is 80.1 Å². The summed E-state index contributed by atoms with van der Waals surface area (Å²) in [5.74, 6) is 0.716. The van der Waals surface area contributed by atoms with E-state index in [0.29, 0.717) is 28.1 Å². The number of fused-ring (bicyclic) bond motifs is 1. The molecule has 30 heavy (non-hydrogen) atoms. The molecule has 0 atom stereocenters. The van der Waals surface area contributed by atoms with Crippen LogP contribution in [0.2, 0.25) is 5.02 Å². The molecule has 4 rings (SSSR count). The van der Waals surface area contributed by atoms with Crippen LogP contribution in [-0.4, -0.2) is 38.9 Å². The standard InChI is InChI=1S/C21H20ClN5O2S/c1-26-18(12-23-20(29)15-6-8-16(22)9-7-15)24-25-21(26)30-13-19(28)27-11-10-14-4-2-3-5-17(14)27/h2-9H,10-13H2,1H3,(H,23,29). The minimum Gasteiger partial charge on any atom is -0.345 e. The molecular formula is C21H20ClN5O2S. The van der Waals surface area contributed by atoms with E-state index in [0.717, 1.165) is 12.1 Å². The first-order chi connectivity index (χ1) is 14.5. The van der Waals surface area contributed by atoms with E-state index < -0.39 is 0 Å². The molecule has 2 heterocycles. The fourth-order valence-corrected chi connectivity index (χ4v) is 4.22. The number of amides is 2. The highest BCUT2D eigenvalue weighted by atomic mass is 35.5. The van der Waals surface area contributed by atoms with E-state index >= 15 is 0 Å². The Hall–Kier alpha value is -2.84. The van der Waals surface area contributed by atoms with Gasteiger partial charge in [-0.25, -0.2) is 0 Å². The number of anilines is 1. The lowest BCUT2D eigenvalue weighted by molar-refractivity contribution is -0.116. The molecule has 1 N–H and O–H groups in total. The molecule has 2 aromatic carbocycles. The van der Waals surface area contributed by atoms with Gasteiger partial charge < -0.3 is 14.8 Å². The first kappa shape index (κ1) is 20.4. The van der Waals surface area contributed by atoms with E-state index in [1.807, 2.05) is 30.1 Å². The third-order valence-corrected chi connectivity index (χ3v) is 6.21. The predicted octanol–water partition coefficient (Wildman–Crippen LogP) is 3.08. The molecule has 1 aliphatic heterocycles. The van der Waals surface area contributed by atoms with Crippen LogP contribution in [0.4, 0.5) is 5.69 Å². The maximum atomic E-state index is 12.7. The molecule has 9 heteroatoms. The molecule has 0 radical (unpaired) electrons. The Morgan fingerprint density at radius 1 is 1.13 bits per heavy atom. The van der Waals surface area contributed by atoms with Crippen molar-refractivity contribution >= 4 is 40.9 Å². The summed E-state index contributed by atoms with van der Waals surface area (Å²) in [7, 11) is 1.82. The molecule has 0 unspecified atom stereocenters. The van der Waals surface area contributed by atoms with Crippen LogP contribution in [0.5, 0.6) is 0 Å². The lowest BCUT2D eigenvalue weighted by Gasteiger charge is -2.16. The highest BCUT2D eigenvalue weighted by Crippen LogP contribution is 2.28. The molecule has 7 nitrogen and oxygen atoms in total. The molecule has 0 spiro atoms. The Labute approximate surface area is 183 Å². The van der Waals surface area contributed by atoms with Gasteiger partial charge in [0, 0.05) is 29.9 Å². The number of hydrogen-bond acceptors (Lipinski definition) is 5. The first-order valence-corrected chi connectivity index (χ1v) is 10.8. The molecule has 2 amide bonds. The Bertz CT molecular complexity index is 1080. The van der Waals surface area contributed by atoms with Crippen LogP contribution in [-0.2, 0) is 24.8 Å². The van der Waals surface area contributed by atoms with Gasteiger partial charge in [-0.3, -0.25) is 9.59 Å². The van der Waals surface area contributed by atoms with Gasteiger partial charge in [-0.1, -0.05) is 41.6 Å². The van der Waals surface area contributed by atoms with Crippen molar-refractivity contribution in [2.45, 2.75) is 18.1 Å². The molecule has 0 aliphatic carbocycles. The molecular weight excluding hydrogens is 422 g/mol. The maximum Gasteiger partial charge on any atom is 0.251 e. The lowest BCUT2D eigenvalue weighted by atomic mass is 10.2. The van der Waals surface area contributed by atoms with Gasteiger partial charge in [0.25, 0.3) is 5.91 Å². The minimum atomic E-state index is -0.216. The number of benzene rings is 2. The van der Waals surface area contributed by atoms with Crippen molar-refractivity contribution in [2.24, 2.45) is 7.05 Å². The van der Waals surface area contributed by atoms with Crippen molar-refractivity contribution in [3.63, 3.8) is 0 Å². The number of hydrogen-bond donors (Lipinski definition) is 1. The number of para-hydroxylation sites is 1. The van der Waals surface area contributed by atoms with Gasteiger partial charge in [-0.2, -0.15) is 0 Å². The molecule has 1 aromatic heterocycles. The summed E-state index contributed by atoms with van der Waals surface area (Å²) in [5.41, 5.74) is 2.72. The Kier molecular flexibility index (Phi) is 6.06. The molecule has 3 aromatic rings. The zero-order valence-corrected chi connectivity index (χ0v) is 17.9. The van der Waals surface area contributed by atoms with E-state index in [2.05, 4.69) is 21.6 Å². The summed E-state index contributed by atoms with van der Waals surface area (Å²) in [6.45, 7) is 0.943. The zero-order valence-electron chi connectivity index (χ0n) is 16.3. The van der Waals surface area contributed by atoms with Crippen molar-refractivity contribution in [3.8, 4) is 0 Å². The average Bonchev–Trinajstić information content (AvgIpc) is 3.34. The second-order valence-electron chi connectivity index (χ2n) is 6.86. The molecule has 0 saturated carbocycles. The summed E-state index contributed by atoms with van der Waals surface area (Å²) in [6.07, 6.45) is 0.883. The maximum absolute atomic E-state index is 12.7. The fraction of sp³-hybridized carbons (Fsp3) is 0.238. The molecule has 0 fully saturated rings. The Balaban J connectivity index is 1.33. The number of nitrogens with one attached hydrogen (secondary N) is 1. The van der Waals surface area contributed by atoms with E-state index in [-0.39, 0.29) is 24.1 Å². The van der Waals surface area contributed by atoms with Gasteiger partial charge in [-0.05, 0) is 42.3 Å². The third-order valence-electron chi connectivity index (χ3n) is 4.95. The van der Waals surface area contributed by atoms with Crippen LogP contribution in [0, 0.1) is 0 Å². The number of carbonyl (C=O) groups is 2. The van der Waals surface area contributed by atoms with Gasteiger partial charge >= 0.3 is 0 Å². The lowest BCUT2D eigenvalue weighted by Crippen LogP contribution is -2.30. The predicted molar refractivity (Wildman–Crippen MR) is 117 cm³/mol. The smallest absolute Gasteiger partial charge is 0.251 e. The van der Waals surface area contributed by atoms with Gasteiger partial charge in [0.05, 0.1) is 12.3 Å². The highest BCUT2D eigenvalue weighted by Gasteiger charge is 2.24. The van der Waals surface area contributed by atoms with E-state index in [9.17, 15) is 9.59 Å². The minimum absolute atomic E-state index is 0.0468. The highest BCUT2D eigenvalue weighted by molar-refractivity contribution is 7.99. The average molecular weight is 442 g/mol. The monoisotopic (exact) mass is 441 g/mol. The fourth-order valence-electron chi connectivity index (χ4n) is 3.29. The van der Waals surface area contributed by atoms with Gasteiger partial charge in [0.2, 0.25) is 5.91 Å². The van der Waals surface area contributed by atoms with Crippen molar-refractivity contribution < 1.29 is 9.59 Å². The largest absolute Gasteiger partial charge is 0.345 e. The Morgan fingerprint density at radius 3 is 2.70 bits per heavy atom. The van der Waals surface area contributed by atoms with Crippen LogP contribution < -0.4 is 10.2 Å². The van der Waals surface area contributed by atoms with Crippen molar-refractivity contribution in [1.82, 2.24) is 20.1 Å². The van der Waals surface area contributed by atoms with Crippen LogP contribution in [0.25, 0.3) is 0 Å². The van der Waals surface area contributed by atoms with Crippen LogP contribution in [0.3, 0.4) is 0 Å². The summed E-state index contributed by atoms with van der Waals surface area (Å²) in [4.78, 5) is 26.7. The molecule has 1 aliphatic rings. The quantitative estimate of drug-likeness (QED) is 0.594. The number of thioether (sulfide) groups is 1. The molecule has 154 valence electrons. The number of aromatic nitrogens is 3. The van der Waals surface area contributed by atoms with Crippen molar-refractivity contribution in [2.75, 3.05) is 17.2 Å². The second kappa shape index (κ2) is 8.89. The van der Waals surface area contributed by atoms with Crippen LogP contribution in [0.15, 0.2) is 53.7 Å². The number of nitrogens with zero attached hydrogens (tertiary/aromatic N) is 4. The van der Waals surface area contributed by atoms with Crippen molar-refractivity contribution in [1.29, 1.82) is 0 Å². The normalized spacial score (nSPS) is 12.7. The van der Waals surface area contributed by atoms with E-state index in [4.69, 9.17) is 11.6 Å². The first-order valence-electron chi connectivity index (χ1n) is 9.46. The summed E-state index contributed by atoms with van der Waals surface area (Å²) in [5, 5.41) is 12.3. The number of carbonyl (C=O) groups excluding carboxylic acids is 2. The molecule has 0 bridgehead atoms. The van der Waals surface area contributed by atoms with E-state index in [1.165, 1.54) is 17.3 Å². The van der Waals surface area contributed by atoms with Gasteiger partial charge in [-0.15, -0.1) is 10.2 Å². The van der Waals surface area contributed by atoms with Crippen LogP contribution in [0.1, 0.15) is 21.7 Å². The summed E-state index contributed by atoms with van der Waals surface area (Å²) in [6, 6.07) is 14.7. The number of rotatable bonds is 6. The third kappa shape index (κ3) is 4.34. The molecule has 0 saturated heterocycles. The SMILES string of the molecule is Cn1c(CNC(=O)c2ccc(Cl)cc2)nnc1SCC(=O)N1CCc2ccccc21. The summed E-state index contributed by atoms with van der Waals surface area (Å²) < 4.78 is 1.79. The van der Waals surface area contributed by atoms with E-state index in [1.54, 1.807) is 28.8 Å². The van der Waals surface area contributed by atoms with Crippen LogP contribution >= 0.6 is 23.4 Å². The zero-order chi connectivity index (χ0) is 21.1. The Morgan fingerprint density at radius 2 is 1.90 bits per heavy atom. The number of halogens is 1. The summed E-state index contributed by atoms with van der Waals surface area (Å²) >= 11 is 7.19. The van der Waals surface area contributed by atoms with Gasteiger partial charge in [0.15, 0.2) is 11.0 Å².